The minimum Gasteiger partial charge on any atom is -0.374 e. The van der Waals surface area contributed by atoms with Gasteiger partial charge in [0.2, 0.25) is 0 Å². The van der Waals surface area contributed by atoms with E-state index in [0.717, 1.165) is 33.4 Å². The molecule has 11 atom stereocenters. The first-order chi connectivity index (χ1) is 32.7. The van der Waals surface area contributed by atoms with Gasteiger partial charge in [0.25, 0.3) is 0 Å². The van der Waals surface area contributed by atoms with Crippen molar-refractivity contribution in [2.75, 3.05) is 20.3 Å². The van der Waals surface area contributed by atoms with Gasteiger partial charge in [-0.15, -0.1) is 0 Å². The maximum Gasteiger partial charge on any atom is 0.187 e. The van der Waals surface area contributed by atoms with E-state index >= 15 is 0 Å². The lowest BCUT2D eigenvalue weighted by Crippen LogP contribution is -2.67. The van der Waals surface area contributed by atoms with Gasteiger partial charge < -0.3 is 52.1 Å². The molecule has 344 valence electrons. The minimum absolute atomic E-state index is 0.164. The normalized spacial score (nSPS) is 27.5. The molecule has 6 aromatic rings. The lowest BCUT2D eigenvalue weighted by Gasteiger charge is -2.51. The summed E-state index contributed by atoms with van der Waals surface area (Å²) in [4.78, 5) is 0. The summed E-state index contributed by atoms with van der Waals surface area (Å²) in [5.41, 5.74) is 5.87. The number of ether oxygens (including phenoxy) is 11. The fraction of sp³-hybridized carbons (Fsp3) is 0.345. The molecule has 3 heterocycles. The van der Waals surface area contributed by atoms with Crippen molar-refractivity contribution in [3.8, 4) is 0 Å². The van der Waals surface area contributed by atoms with Gasteiger partial charge in [-0.1, -0.05) is 182 Å². The molecule has 3 fully saturated rings. The Morgan fingerprint density at radius 3 is 1.36 bits per heavy atom. The third-order valence-corrected chi connectivity index (χ3v) is 12.0. The van der Waals surface area contributed by atoms with Crippen LogP contribution in [0.3, 0.4) is 0 Å². The summed E-state index contributed by atoms with van der Waals surface area (Å²) >= 11 is 0. The Hall–Kier alpha value is -5.12. The van der Waals surface area contributed by atoms with Crippen LogP contribution in [0.5, 0.6) is 0 Å². The molecule has 11 nitrogen and oxygen atoms in total. The molecule has 11 heteroatoms. The molecule has 3 aliphatic heterocycles. The van der Waals surface area contributed by atoms with Crippen LogP contribution in [0.25, 0.3) is 0 Å². The van der Waals surface area contributed by atoms with E-state index in [1.54, 1.807) is 7.11 Å². The summed E-state index contributed by atoms with van der Waals surface area (Å²) in [6.07, 6.45) is -8.26. The van der Waals surface area contributed by atoms with E-state index in [-0.39, 0.29) is 33.0 Å². The number of rotatable bonds is 20. The molecule has 0 aliphatic carbocycles. The molecule has 9 rings (SSSR count). The third-order valence-electron chi connectivity index (χ3n) is 12.0. The molecule has 0 bridgehead atoms. The van der Waals surface area contributed by atoms with Gasteiger partial charge >= 0.3 is 0 Å². The van der Waals surface area contributed by atoms with Crippen LogP contribution in [-0.4, -0.2) is 81.7 Å². The zero-order valence-corrected chi connectivity index (χ0v) is 37.1. The summed E-state index contributed by atoms with van der Waals surface area (Å²) in [6, 6.07) is 60.1. The smallest absolute Gasteiger partial charge is 0.187 e. The van der Waals surface area contributed by atoms with Gasteiger partial charge in [-0.3, -0.25) is 0 Å². The molecular weight excluding hydrogens is 837 g/mol. The molecule has 1 unspecified atom stereocenters. The van der Waals surface area contributed by atoms with Gasteiger partial charge in [0, 0.05) is 12.7 Å². The monoisotopic (exact) mass is 894 g/mol. The lowest BCUT2D eigenvalue weighted by molar-refractivity contribution is -0.400. The zero-order valence-electron chi connectivity index (χ0n) is 37.1. The fourth-order valence-corrected chi connectivity index (χ4v) is 8.63. The third kappa shape index (κ3) is 12.1. The van der Waals surface area contributed by atoms with Crippen LogP contribution in [0.2, 0.25) is 0 Å². The molecule has 3 aliphatic rings. The molecule has 0 amide bonds. The van der Waals surface area contributed by atoms with Crippen molar-refractivity contribution in [2.24, 2.45) is 0 Å². The Balaban J connectivity index is 1.08. The molecule has 0 radical (unpaired) electrons. The predicted octanol–water partition coefficient (Wildman–Crippen LogP) is 9.14. The van der Waals surface area contributed by atoms with Crippen LogP contribution in [0, 0.1) is 0 Å². The molecular formula is C55H58O11. The Labute approximate surface area is 387 Å². The molecule has 66 heavy (non-hydrogen) atoms. The molecule has 0 N–H and O–H groups in total. The summed E-state index contributed by atoms with van der Waals surface area (Å²) in [5, 5.41) is 0. The molecule has 0 aromatic heterocycles. The minimum atomic E-state index is -1.06. The number of benzene rings is 6. The van der Waals surface area contributed by atoms with Crippen molar-refractivity contribution >= 4 is 0 Å². The second-order valence-corrected chi connectivity index (χ2v) is 16.6. The van der Waals surface area contributed by atoms with E-state index in [9.17, 15) is 0 Å². The number of methoxy groups -OCH3 is 1. The van der Waals surface area contributed by atoms with Crippen LogP contribution in [0.4, 0.5) is 0 Å². The lowest BCUT2D eigenvalue weighted by atomic mass is 9.95. The average molecular weight is 895 g/mol. The second kappa shape index (κ2) is 23.6. The topological polar surface area (TPSA) is 102 Å². The van der Waals surface area contributed by atoms with E-state index < -0.39 is 67.7 Å². The maximum atomic E-state index is 7.28. The van der Waals surface area contributed by atoms with Crippen molar-refractivity contribution < 1.29 is 52.1 Å². The van der Waals surface area contributed by atoms with Crippen molar-refractivity contribution in [3.05, 3.63) is 215 Å². The Morgan fingerprint density at radius 1 is 0.424 bits per heavy atom. The Kier molecular flexibility index (Phi) is 16.4. The van der Waals surface area contributed by atoms with Crippen LogP contribution in [-0.2, 0) is 85.1 Å². The van der Waals surface area contributed by atoms with Crippen LogP contribution < -0.4 is 0 Å². The summed E-state index contributed by atoms with van der Waals surface area (Å²) in [7, 11) is 1.59. The van der Waals surface area contributed by atoms with Gasteiger partial charge in [0.05, 0.1) is 46.2 Å². The first-order valence-electron chi connectivity index (χ1n) is 22.7. The summed E-state index contributed by atoms with van der Waals surface area (Å²) < 4.78 is 74.5. The first kappa shape index (κ1) is 46.0. The quantitative estimate of drug-likeness (QED) is 0.0734. The van der Waals surface area contributed by atoms with E-state index in [2.05, 4.69) is 0 Å². The highest BCUT2D eigenvalue weighted by molar-refractivity contribution is 5.19. The van der Waals surface area contributed by atoms with Crippen molar-refractivity contribution in [1.29, 1.82) is 0 Å². The first-order valence-corrected chi connectivity index (χ1v) is 22.7. The summed E-state index contributed by atoms with van der Waals surface area (Å²) in [6.45, 7) is 1.88. The standard InChI is InChI=1S/C55H58O11/c1-56-54-52(50(60-35-42-26-14-5-15-27-42)48-46(63-54)38-62-53(65-48)44-30-18-7-19-31-44)66-55-51(61-36-43-28-16-6-17-29-43)49(59-34-41-24-12-4-13-25-41)47(58-33-40-22-10-3-11-23-40)45(64-55)37-57-32-39-20-8-2-9-21-39/h2-31,45-55H,32-38H2,1H3/t45-,46-,47+,48-,49+,50+,51-,52-,53?,54+,55-/m1/s1. The Morgan fingerprint density at radius 2 is 0.864 bits per heavy atom. The van der Waals surface area contributed by atoms with Crippen molar-refractivity contribution in [1.82, 2.24) is 0 Å². The summed E-state index contributed by atoms with van der Waals surface area (Å²) in [5.74, 6) is 0. The van der Waals surface area contributed by atoms with Crippen LogP contribution in [0.15, 0.2) is 182 Å². The molecule has 0 saturated carbocycles. The van der Waals surface area contributed by atoms with Crippen LogP contribution in [0.1, 0.15) is 39.7 Å². The van der Waals surface area contributed by atoms with Gasteiger partial charge in [-0.2, -0.15) is 0 Å². The average Bonchev–Trinajstić information content (AvgIpc) is 3.38. The highest BCUT2D eigenvalue weighted by Gasteiger charge is 2.56. The molecule has 3 saturated heterocycles. The maximum absolute atomic E-state index is 7.28. The number of hydrogen-bond acceptors (Lipinski definition) is 11. The van der Waals surface area contributed by atoms with Gasteiger partial charge in [-0.05, 0) is 27.8 Å². The van der Waals surface area contributed by atoms with Crippen molar-refractivity contribution in [2.45, 2.75) is 101 Å². The van der Waals surface area contributed by atoms with Gasteiger partial charge in [0.15, 0.2) is 18.9 Å². The van der Waals surface area contributed by atoms with Gasteiger partial charge in [0.1, 0.15) is 48.8 Å². The Bertz CT molecular complexity index is 2280. The zero-order chi connectivity index (χ0) is 44.8. The number of fused-ring (bicyclic) bond motifs is 1. The van der Waals surface area contributed by atoms with E-state index in [0.29, 0.717) is 13.2 Å². The number of hydrogen-bond donors (Lipinski definition) is 0. The molecule has 6 aromatic carbocycles. The predicted molar refractivity (Wildman–Crippen MR) is 245 cm³/mol. The van der Waals surface area contributed by atoms with Crippen LogP contribution >= 0.6 is 0 Å². The van der Waals surface area contributed by atoms with E-state index in [1.165, 1.54) is 0 Å². The van der Waals surface area contributed by atoms with Crippen molar-refractivity contribution in [3.63, 3.8) is 0 Å². The van der Waals surface area contributed by atoms with Gasteiger partial charge in [-0.25, -0.2) is 0 Å². The fourth-order valence-electron chi connectivity index (χ4n) is 8.63. The molecule has 0 spiro atoms. The second-order valence-electron chi connectivity index (χ2n) is 16.6. The van der Waals surface area contributed by atoms with E-state index in [4.69, 9.17) is 52.1 Å². The highest BCUT2D eigenvalue weighted by atomic mass is 16.8. The highest BCUT2D eigenvalue weighted by Crippen LogP contribution is 2.40. The SMILES string of the molecule is CO[C@H]1O[C@@H]2COC(c3ccccc3)O[C@H]2[C@H](OCc2ccccc2)[C@H]1O[C@H]1O[C@H](COCc2ccccc2)[C@H](OCc2ccccc2)[C@H](OCc2ccccc2)[C@H]1OCc1ccccc1. The largest absolute Gasteiger partial charge is 0.374 e. The van der Waals surface area contributed by atoms with E-state index in [1.807, 2.05) is 182 Å².